The van der Waals surface area contributed by atoms with Gasteiger partial charge in [-0.2, -0.15) is 0 Å². The summed E-state index contributed by atoms with van der Waals surface area (Å²) in [5.74, 6) is 0. The number of thiazole rings is 1. The van der Waals surface area contributed by atoms with Crippen LogP contribution < -0.4 is 0 Å². The molecule has 4 rings (SSSR count). The molecule has 22 heavy (non-hydrogen) atoms. The van der Waals surface area contributed by atoms with Crippen molar-refractivity contribution >= 4 is 44.2 Å². The van der Waals surface area contributed by atoms with Crippen LogP contribution in [-0.4, -0.2) is 23.7 Å². The SMILES string of the molecule is O=S(O)c1cc2cccnc2c2cccnc12.c1cscn1. The van der Waals surface area contributed by atoms with Gasteiger partial charge in [0.2, 0.25) is 0 Å². The van der Waals surface area contributed by atoms with Crippen molar-refractivity contribution in [3.8, 4) is 0 Å². The Balaban J connectivity index is 0.000000246. The lowest BCUT2D eigenvalue weighted by Gasteiger charge is -2.05. The van der Waals surface area contributed by atoms with Crippen LogP contribution in [0.1, 0.15) is 0 Å². The van der Waals surface area contributed by atoms with Gasteiger partial charge >= 0.3 is 0 Å². The van der Waals surface area contributed by atoms with E-state index in [1.807, 2.05) is 17.5 Å². The van der Waals surface area contributed by atoms with E-state index in [-0.39, 0.29) is 0 Å². The normalized spacial score (nSPS) is 11.9. The van der Waals surface area contributed by atoms with Gasteiger partial charge in [0.1, 0.15) is 0 Å². The zero-order valence-corrected chi connectivity index (χ0v) is 12.9. The number of benzene rings is 1. The van der Waals surface area contributed by atoms with E-state index in [1.54, 1.807) is 53.6 Å². The van der Waals surface area contributed by atoms with E-state index in [0.29, 0.717) is 10.4 Å². The van der Waals surface area contributed by atoms with Crippen molar-refractivity contribution in [2.75, 3.05) is 0 Å². The Bertz CT molecular complexity index is 909. The summed E-state index contributed by atoms with van der Waals surface area (Å²) in [4.78, 5) is 12.5. The Labute approximate surface area is 133 Å². The number of hydrogen-bond donors (Lipinski definition) is 1. The third kappa shape index (κ3) is 3.01. The largest absolute Gasteiger partial charge is 0.302 e. The molecular weight excluding hydrogens is 318 g/mol. The third-order valence-corrected chi connectivity index (χ3v) is 4.17. The summed E-state index contributed by atoms with van der Waals surface area (Å²) in [6, 6.07) is 8.97. The first-order chi connectivity index (χ1) is 10.8. The van der Waals surface area contributed by atoms with Crippen LogP contribution in [0.15, 0.2) is 64.7 Å². The second kappa shape index (κ2) is 6.69. The number of hydrogen-bond acceptors (Lipinski definition) is 5. The van der Waals surface area contributed by atoms with Gasteiger partial charge in [-0.15, -0.1) is 11.3 Å². The lowest BCUT2D eigenvalue weighted by Crippen LogP contribution is -1.94. The van der Waals surface area contributed by atoms with Gasteiger partial charge in [-0.1, -0.05) is 6.07 Å². The third-order valence-electron chi connectivity index (χ3n) is 2.96. The zero-order chi connectivity index (χ0) is 15.4. The molecule has 110 valence electrons. The minimum atomic E-state index is -2.05. The van der Waals surface area contributed by atoms with Gasteiger partial charge in [-0.3, -0.25) is 15.0 Å². The van der Waals surface area contributed by atoms with E-state index in [2.05, 4.69) is 15.0 Å². The number of nitrogens with zero attached hydrogens (tertiary/aromatic N) is 3. The highest BCUT2D eigenvalue weighted by molar-refractivity contribution is 7.79. The molecule has 4 aromatic rings. The number of fused-ring (bicyclic) bond motifs is 3. The number of aromatic nitrogens is 3. The Morgan fingerprint density at radius 3 is 2.45 bits per heavy atom. The lowest BCUT2D eigenvalue weighted by molar-refractivity contribution is 0.565. The Morgan fingerprint density at radius 2 is 1.82 bits per heavy atom. The fourth-order valence-electron chi connectivity index (χ4n) is 2.07. The van der Waals surface area contributed by atoms with Crippen LogP contribution in [0.5, 0.6) is 0 Å². The molecule has 1 N–H and O–H groups in total. The van der Waals surface area contributed by atoms with Gasteiger partial charge in [-0.25, -0.2) is 4.21 Å². The maximum absolute atomic E-state index is 11.3. The molecule has 0 spiro atoms. The summed E-state index contributed by atoms with van der Waals surface area (Å²) in [5, 5.41) is 3.56. The molecule has 0 saturated heterocycles. The standard InChI is InChI=1S/C12H8N2O2S.C3H3NS/c15-17(16)10-7-8-3-1-5-13-11(8)9-4-2-6-14-12(9)10;1-2-5-3-4-1/h1-7H,(H,15,16);1-3H. The quantitative estimate of drug-likeness (QED) is 0.427. The fourth-order valence-corrected chi connectivity index (χ4v) is 2.98. The maximum Gasteiger partial charge on any atom is 0.188 e. The Kier molecular flexibility index (Phi) is 4.47. The van der Waals surface area contributed by atoms with Crippen LogP contribution in [0.2, 0.25) is 0 Å². The summed E-state index contributed by atoms with van der Waals surface area (Å²) in [7, 11) is 0. The lowest BCUT2D eigenvalue weighted by atomic mass is 10.1. The van der Waals surface area contributed by atoms with E-state index in [0.717, 1.165) is 16.3 Å². The van der Waals surface area contributed by atoms with Crippen LogP contribution in [0.3, 0.4) is 0 Å². The van der Waals surface area contributed by atoms with Crippen molar-refractivity contribution in [1.82, 2.24) is 15.0 Å². The van der Waals surface area contributed by atoms with E-state index in [9.17, 15) is 8.76 Å². The molecule has 7 heteroatoms. The molecule has 0 amide bonds. The van der Waals surface area contributed by atoms with Crippen LogP contribution in [-0.2, 0) is 11.1 Å². The monoisotopic (exact) mass is 329 g/mol. The molecule has 0 fully saturated rings. The molecule has 0 aliphatic carbocycles. The van der Waals surface area contributed by atoms with Gasteiger partial charge < -0.3 is 4.55 Å². The van der Waals surface area contributed by atoms with Crippen LogP contribution >= 0.6 is 11.3 Å². The molecule has 0 radical (unpaired) electrons. The van der Waals surface area contributed by atoms with Crippen molar-refractivity contribution < 1.29 is 8.76 Å². The second-order valence-electron chi connectivity index (χ2n) is 4.27. The van der Waals surface area contributed by atoms with Crippen molar-refractivity contribution in [3.63, 3.8) is 0 Å². The first-order valence-corrected chi connectivity index (χ1v) is 8.38. The first-order valence-electron chi connectivity index (χ1n) is 6.33. The Morgan fingerprint density at radius 1 is 1.05 bits per heavy atom. The highest BCUT2D eigenvalue weighted by atomic mass is 32.2. The molecule has 1 aromatic carbocycles. The molecule has 3 aromatic heterocycles. The van der Waals surface area contributed by atoms with Crippen LogP contribution in [0.25, 0.3) is 21.8 Å². The van der Waals surface area contributed by atoms with Gasteiger partial charge in [0.05, 0.1) is 21.4 Å². The number of rotatable bonds is 1. The van der Waals surface area contributed by atoms with Crippen LogP contribution in [0, 0.1) is 0 Å². The minimum absolute atomic E-state index is 0.320. The maximum atomic E-state index is 11.3. The van der Waals surface area contributed by atoms with Crippen molar-refractivity contribution in [1.29, 1.82) is 0 Å². The minimum Gasteiger partial charge on any atom is -0.302 e. The topological polar surface area (TPSA) is 76.0 Å². The summed E-state index contributed by atoms with van der Waals surface area (Å²) in [6.07, 6.45) is 5.07. The van der Waals surface area contributed by atoms with Crippen LogP contribution in [0.4, 0.5) is 0 Å². The summed E-state index contributed by atoms with van der Waals surface area (Å²) < 4.78 is 20.6. The van der Waals surface area contributed by atoms with Crippen molar-refractivity contribution in [3.05, 3.63) is 59.8 Å². The molecule has 0 aliphatic heterocycles. The van der Waals surface area contributed by atoms with Gasteiger partial charge in [0.15, 0.2) is 11.1 Å². The summed E-state index contributed by atoms with van der Waals surface area (Å²) in [6.45, 7) is 0. The van der Waals surface area contributed by atoms with E-state index < -0.39 is 11.1 Å². The predicted molar refractivity (Wildman–Crippen MR) is 88.2 cm³/mol. The highest BCUT2D eigenvalue weighted by Crippen LogP contribution is 2.27. The molecule has 0 saturated carbocycles. The average Bonchev–Trinajstić information content (AvgIpc) is 3.14. The smallest absolute Gasteiger partial charge is 0.188 e. The van der Waals surface area contributed by atoms with E-state index in [1.165, 1.54) is 0 Å². The molecule has 5 nitrogen and oxygen atoms in total. The second-order valence-corrected chi connectivity index (χ2v) is 5.97. The van der Waals surface area contributed by atoms with E-state index >= 15 is 0 Å². The van der Waals surface area contributed by atoms with Crippen molar-refractivity contribution in [2.24, 2.45) is 0 Å². The fraction of sp³-hybridized carbons (Fsp3) is 0. The molecule has 0 bridgehead atoms. The van der Waals surface area contributed by atoms with E-state index in [4.69, 9.17) is 0 Å². The molecule has 1 unspecified atom stereocenters. The molecule has 1 atom stereocenters. The zero-order valence-electron chi connectivity index (χ0n) is 11.3. The van der Waals surface area contributed by atoms with Gasteiger partial charge in [0, 0.05) is 34.7 Å². The average molecular weight is 329 g/mol. The molecular formula is C15H11N3O2S2. The van der Waals surface area contributed by atoms with Gasteiger partial charge in [-0.05, 0) is 24.3 Å². The summed E-state index contributed by atoms with van der Waals surface area (Å²) >= 11 is -0.448. The highest BCUT2D eigenvalue weighted by Gasteiger charge is 2.11. The first kappa shape index (κ1) is 14.7. The molecule has 3 heterocycles. The Hall–Kier alpha value is -2.22. The summed E-state index contributed by atoms with van der Waals surface area (Å²) in [5.41, 5.74) is 3.12. The predicted octanol–water partition coefficient (Wildman–Crippen LogP) is 3.51. The number of pyridine rings is 2. The molecule has 0 aliphatic rings. The van der Waals surface area contributed by atoms with Gasteiger partial charge in [0.25, 0.3) is 0 Å². The van der Waals surface area contributed by atoms with Crippen molar-refractivity contribution in [2.45, 2.75) is 4.90 Å².